The molecule has 2 heterocycles. The number of rotatable bonds is 11. The Morgan fingerprint density at radius 2 is 1.97 bits per heavy atom. The Balaban J connectivity index is 1.81. The molecule has 0 spiro atoms. The predicted octanol–water partition coefficient (Wildman–Crippen LogP) is 2.37. The van der Waals surface area contributed by atoms with Crippen LogP contribution in [-0.4, -0.2) is 81.0 Å². The molecule has 3 rings (SSSR count). The van der Waals surface area contributed by atoms with Gasteiger partial charge in [0.05, 0.1) is 13.7 Å². The average Bonchev–Trinajstić information content (AvgIpc) is 3.37. The second-order valence-corrected chi connectivity index (χ2v) is 8.21. The summed E-state index contributed by atoms with van der Waals surface area (Å²) in [6.07, 6.45) is 2.08. The molecule has 7 nitrogen and oxygen atoms in total. The molecule has 0 N–H and O–H groups in total. The minimum Gasteiger partial charge on any atom is -0.497 e. The zero-order valence-corrected chi connectivity index (χ0v) is 19.1. The van der Waals surface area contributed by atoms with Gasteiger partial charge >= 0.3 is 0 Å². The zero-order valence-electron chi connectivity index (χ0n) is 19.1. The van der Waals surface area contributed by atoms with Gasteiger partial charge in [0.15, 0.2) is 0 Å². The van der Waals surface area contributed by atoms with E-state index in [-0.39, 0.29) is 12.5 Å². The number of nitrogens with zero attached hydrogens (tertiary/aromatic N) is 3. The average molecular weight is 430 g/mol. The normalized spacial score (nSPS) is 19.0. The van der Waals surface area contributed by atoms with Crippen LogP contribution in [0.3, 0.4) is 0 Å². The highest BCUT2D eigenvalue weighted by Crippen LogP contribution is 2.35. The van der Waals surface area contributed by atoms with Gasteiger partial charge in [0.2, 0.25) is 5.91 Å². The molecule has 0 radical (unpaired) electrons. The molecular formula is C24H35N3O4. The van der Waals surface area contributed by atoms with Gasteiger partial charge in [0.1, 0.15) is 12.4 Å². The van der Waals surface area contributed by atoms with Crippen LogP contribution in [0.2, 0.25) is 0 Å². The van der Waals surface area contributed by atoms with Gasteiger partial charge in [-0.2, -0.15) is 0 Å². The van der Waals surface area contributed by atoms with E-state index in [1.807, 2.05) is 17.0 Å². The van der Waals surface area contributed by atoms with E-state index in [1.54, 1.807) is 21.3 Å². The second kappa shape index (κ2) is 11.3. The topological polar surface area (TPSA) is 56.2 Å². The summed E-state index contributed by atoms with van der Waals surface area (Å²) >= 11 is 0. The van der Waals surface area contributed by atoms with Gasteiger partial charge in [-0.25, -0.2) is 0 Å². The Morgan fingerprint density at radius 1 is 1.13 bits per heavy atom. The number of aromatic nitrogens is 1. The minimum absolute atomic E-state index is 0.00447. The van der Waals surface area contributed by atoms with Crippen molar-refractivity contribution in [1.82, 2.24) is 14.4 Å². The number of aryl methyl sites for hydroxylation is 1. The number of hydrogen-bond donors (Lipinski definition) is 0. The van der Waals surface area contributed by atoms with Crippen molar-refractivity contribution in [3.8, 4) is 5.75 Å². The van der Waals surface area contributed by atoms with Crippen LogP contribution in [0.4, 0.5) is 0 Å². The maximum Gasteiger partial charge on any atom is 0.248 e. The van der Waals surface area contributed by atoms with Crippen LogP contribution in [0.25, 0.3) is 0 Å². The number of carbonyl (C=O) groups excluding carboxylic acids is 1. The molecule has 7 heteroatoms. The summed E-state index contributed by atoms with van der Waals surface area (Å²) in [5.74, 6) is 1.49. The second-order valence-electron chi connectivity index (χ2n) is 8.21. The number of amides is 1. The van der Waals surface area contributed by atoms with Gasteiger partial charge in [0, 0.05) is 71.8 Å². The molecule has 1 amide bonds. The molecular weight excluding hydrogens is 394 g/mol. The first-order valence-electron chi connectivity index (χ1n) is 10.8. The summed E-state index contributed by atoms with van der Waals surface area (Å²) in [6, 6.07) is 12.6. The Morgan fingerprint density at radius 3 is 2.65 bits per heavy atom. The van der Waals surface area contributed by atoms with E-state index in [4.69, 9.17) is 14.2 Å². The van der Waals surface area contributed by atoms with Gasteiger partial charge in [-0.05, 0) is 35.7 Å². The summed E-state index contributed by atoms with van der Waals surface area (Å²) in [7, 11) is 7.00. The van der Waals surface area contributed by atoms with Crippen LogP contribution in [0, 0.1) is 5.92 Å². The van der Waals surface area contributed by atoms with Crippen LogP contribution in [0.5, 0.6) is 5.75 Å². The van der Waals surface area contributed by atoms with Crippen LogP contribution < -0.4 is 4.74 Å². The lowest BCUT2D eigenvalue weighted by atomic mass is 9.88. The van der Waals surface area contributed by atoms with Gasteiger partial charge in [-0.15, -0.1) is 0 Å². The highest BCUT2D eigenvalue weighted by atomic mass is 16.5. The van der Waals surface area contributed by atoms with Gasteiger partial charge in [0.25, 0.3) is 0 Å². The fraction of sp³-hybridized carbons (Fsp3) is 0.542. The summed E-state index contributed by atoms with van der Waals surface area (Å²) in [4.78, 5) is 17.0. The number of likely N-dealkylation sites (tertiary alicyclic amines) is 1. The maximum absolute atomic E-state index is 12.7. The number of methoxy groups -OCH3 is 3. The molecule has 1 aromatic heterocycles. The first-order chi connectivity index (χ1) is 15.0. The zero-order chi connectivity index (χ0) is 22.2. The Kier molecular flexibility index (Phi) is 8.51. The Labute approximate surface area is 185 Å². The van der Waals surface area contributed by atoms with Crippen LogP contribution >= 0.6 is 0 Å². The van der Waals surface area contributed by atoms with Crippen molar-refractivity contribution in [2.45, 2.75) is 12.5 Å². The van der Waals surface area contributed by atoms with E-state index in [1.165, 1.54) is 11.3 Å². The Bertz CT molecular complexity index is 838. The first kappa shape index (κ1) is 23.3. The molecule has 2 unspecified atom stereocenters. The summed E-state index contributed by atoms with van der Waals surface area (Å²) in [5.41, 5.74) is 2.54. The van der Waals surface area contributed by atoms with E-state index in [0.29, 0.717) is 31.5 Å². The lowest BCUT2D eigenvalue weighted by Crippen LogP contribution is -2.41. The summed E-state index contributed by atoms with van der Waals surface area (Å²) in [5, 5.41) is 0. The quantitative estimate of drug-likeness (QED) is 0.549. The standard InChI is InChI=1S/C24H35N3O4/c1-25-10-6-8-21(25)16-26-14-20(15-27(11-12-29-2)24(28)18-30-3)23(17-26)19-7-5-9-22(13-19)31-4/h5-10,13,20,23H,11-12,14-18H2,1-4H3. The molecule has 0 bridgehead atoms. The minimum atomic E-state index is 0.00447. The first-order valence-corrected chi connectivity index (χ1v) is 10.8. The predicted molar refractivity (Wildman–Crippen MR) is 120 cm³/mol. The van der Waals surface area contributed by atoms with Crippen molar-refractivity contribution in [3.05, 3.63) is 53.9 Å². The van der Waals surface area contributed by atoms with Crippen LogP contribution in [-0.2, 0) is 27.9 Å². The van der Waals surface area contributed by atoms with Gasteiger partial charge < -0.3 is 23.7 Å². The fourth-order valence-corrected chi connectivity index (χ4v) is 4.43. The number of carbonyl (C=O) groups is 1. The van der Waals surface area contributed by atoms with E-state index in [2.05, 4.69) is 47.0 Å². The fourth-order valence-electron chi connectivity index (χ4n) is 4.43. The highest BCUT2D eigenvalue weighted by Gasteiger charge is 2.36. The third-order valence-corrected chi connectivity index (χ3v) is 6.12. The number of benzene rings is 1. The molecule has 1 aliphatic heterocycles. The van der Waals surface area contributed by atoms with Crippen LogP contribution in [0.15, 0.2) is 42.6 Å². The molecule has 170 valence electrons. The van der Waals surface area contributed by atoms with Crippen LogP contribution in [0.1, 0.15) is 17.2 Å². The third-order valence-electron chi connectivity index (χ3n) is 6.12. The lowest BCUT2D eigenvalue weighted by molar-refractivity contribution is -0.136. The SMILES string of the molecule is COCCN(CC1CN(Cc2cccn2C)CC1c1cccc(OC)c1)C(=O)COC. The molecule has 2 atom stereocenters. The van der Waals surface area contributed by atoms with Gasteiger partial charge in [-0.1, -0.05) is 12.1 Å². The van der Waals surface area contributed by atoms with E-state index < -0.39 is 0 Å². The molecule has 1 aliphatic rings. The molecule has 0 saturated carbocycles. The number of ether oxygens (including phenoxy) is 3. The number of hydrogen-bond acceptors (Lipinski definition) is 5. The molecule has 1 fully saturated rings. The monoisotopic (exact) mass is 429 g/mol. The smallest absolute Gasteiger partial charge is 0.248 e. The third kappa shape index (κ3) is 6.09. The molecule has 2 aromatic rings. The van der Waals surface area contributed by atoms with Crippen molar-refractivity contribution in [3.63, 3.8) is 0 Å². The van der Waals surface area contributed by atoms with Crippen molar-refractivity contribution in [2.75, 3.05) is 60.7 Å². The van der Waals surface area contributed by atoms with Crippen molar-refractivity contribution >= 4 is 5.91 Å². The van der Waals surface area contributed by atoms with Crippen molar-refractivity contribution < 1.29 is 19.0 Å². The molecule has 1 saturated heterocycles. The lowest BCUT2D eigenvalue weighted by Gasteiger charge is -2.28. The summed E-state index contributed by atoms with van der Waals surface area (Å²) < 4.78 is 18.0. The molecule has 1 aromatic carbocycles. The molecule has 0 aliphatic carbocycles. The van der Waals surface area contributed by atoms with Crippen molar-refractivity contribution in [2.24, 2.45) is 13.0 Å². The van der Waals surface area contributed by atoms with E-state index >= 15 is 0 Å². The summed E-state index contributed by atoms with van der Waals surface area (Å²) in [6.45, 7) is 4.61. The Hall–Kier alpha value is -2.35. The largest absolute Gasteiger partial charge is 0.497 e. The highest BCUT2D eigenvalue weighted by molar-refractivity contribution is 5.77. The van der Waals surface area contributed by atoms with E-state index in [9.17, 15) is 4.79 Å². The maximum atomic E-state index is 12.7. The van der Waals surface area contributed by atoms with Crippen molar-refractivity contribution in [1.29, 1.82) is 0 Å². The molecule has 31 heavy (non-hydrogen) atoms. The van der Waals surface area contributed by atoms with E-state index in [0.717, 1.165) is 25.4 Å². The van der Waals surface area contributed by atoms with Gasteiger partial charge in [-0.3, -0.25) is 9.69 Å².